The number of rotatable bonds is 3. The highest BCUT2D eigenvalue weighted by molar-refractivity contribution is 5.85. The summed E-state index contributed by atoms with van der Waals surface area (Å²) >= 11 is 0. The topological polar surface area (TPSA) is 50.1 Å². The molecule has 4 nitrogen and oxygen atoms in total. The minimum Gasteiger partial charge on any atom is -0.396 e. The highest BCUT2D eigenvalue weighted by atomic mass is 35.5. The zero-order valence-corrected chi connectivity index (χ0v) is 11.7. The molecule has 1 fully saturated rings. The second-order valence-corrected chi connectivity index (χ2v) is 4.20. The number of hydrogen-bond donors (Lipinski definition) is 2. The molecule has 2 heterocycles. The lowest BCUT2D eigenvalue weighted by molar-refractivity contribution is 0.296. The Morgan fingerprint density at radius 2 is 2.29 bits per heavy atom. The Bertz CT molecular complexity index is 325. The largest absolute Gasteiger partial charge is 0.396 e. The predicted octanol–water partition coefficient (Wildman–Crippen LogP) is 1.27. The molecule has 1 aromatic heterocycles. The third kappa shape index (κ3) is 4.14. The number of halogens is 2. The van der Waals surface area contributed by atoms with Gasteiger partial charge in [-0.15, -0.1) is 24.8 Å². The first-order valence-electron chi connectivity index (χ1n) is 5.65. The Hall–Kier alpha value is -0.290. The van der Waals surface area contributed by atoms with Crippen molar-refractivity contribution in [2.45, 2.75) is 25.2 Å². The molecular weight excluding hydrogens is 261 g/mol. The number of aromatic nitrogens is 2. The third-order valence-electron chi connectivity index (χ3n) is 3.08. The van der Waals surface area contributed by atoms with E-state index in [1.54, 1.807) is 0 Å². The number of aliphatic hydroxyl groups excluding tert-OH is 1. The van der Waals surface area contributed by atoms with Gasteiger partial charge in [0.15, 0.2) is 0 Å². The van der Waals surface area contributed by atoms with Gasteiger partial charge >= 0.3 is 0 Å². The van der Waals surface area contributed by atoms with Gasteiger partial charge in [-0.2, -0.15) is 5.10 Å². The van der Waals surface area contributed by atoms with Gasteiger partial charge in [0.05, 0.1) is 5.69 Å². The van der Waals surface area contributed by atoms with Gasteiger partial charge < -0.3 is 10.4 Å². The molecule has 0 aliphatic carbocycles. The molecule has 17 heavy (non-hydrogen) atoms. The summed E-state index contributed by atoms with van der Waals surface area (Å²) in [7, 11) is 1.95. The van der Waals surface area contributed by atoms with Crippen molar-refractivity contribution in [2.24, 2.45) is 7.05 Å². The zero-order valence-electron chi connectivity index (χ0n) is 10.1. The van der Waals surface area contributed by atoms with Crippen LogP contribution >= 0.6 is 24.8 Å². The van der Waals surface area contributed by atoms with E-state index >= 15 is 0 Å². The fraction of sp³-hybridized carbons (Fsp3) is 0.727. The van der Waals surface area contributed by atoms with Crippen molar-refractivity contribution in [2.75, 3.05) is 19.7 Å². The van der Waals surface area contributed by atoms with Gasteiger partial charge in [0.2, 0.25) is 0 Å². The summed E-state index contributed by atoms with van der Waals surface area (Å²) in [6.45, 7) is 2.37. The van der Waals surface area contributed by atoms with E-state index in [0.717, 1.165) is 18.8 Å². The molecule has 0 saturated carbocycles. The van der Waals surface area contributed by atoms with Gasteiger partial charge in [-0.25, -0.2) is 0 Å². The standard InChI is InChI=1S/C11H19N3O.2ClH/c1-14-10(4-6-15)7-11(13-14)9-3-2-5-12-8-9;;/h7,9,12,15H,2-6,8H2,1H3;2*1H. The van der Waals surface area contributed by atoms with Crippen molar-refractivity contribution in [1.29, 1.82) is 0 Å². The van der Waals surface area contributed by atoms with Crippen LogP contribution in [0.25, 0.3) is 0 Å². The quantitative estimate of drug-likeness (QED) is 0.877. The molecule has 1 unspecified atom stereocenters. The molecule has 6 heteroatoms. The Labute approximate surface area is 115 Å². The van der Waals surface area contributed by atoms with E-state index in [1.165, 1.54) is 18.5 Å². The van der Waals surface area contributed by atoms with Crippen molar-refractivity contribution in [1.82, 2.24) is 15.1 Å². The smallest absolute Gasteiger partial charge is 0.0670 e. The number of aliphatic hydroxyl groups is 1. The van der Waals surface area contributed by atoms with E-state index < -0.39 is 0 Å². The van der Waals surface area contributed by atoms with Gasteiger partial charge in [0, 0.05) is 38.2 Å². The Kier molecular flexibility index (Phi) is 7.79. The summed E-state index contributed by atoms with van der Waals surface area (Å²) in [6.07, 6.45) is 3.16. The van der Waals surface area contributed by atoms with E-state index in [4.69, 9.17) is 5.11 Å². The van der Waals surface area contributed by atoms with E-state index in [1.807, 2.05) is 11.7 Å². The number of hydrogen-bond acceptors (Lipinski definition) is 3. The Morgan fingerprint density at radius 1 is 1.53 bits per heavy atom. The fourth-order valence-corrected chi connectivity index (χ4v) is 2.18. The highest BCUT2D eigenvalue weighted by Gasteiger charge is 2.18. The number of piperidine rings is 1. The number of aryl methyl sites for hydroxylation is 1. The van der Waals surface area contributed by atoms with Crippen LogP contribution in [0.2, 0.25) is 0 Å². The summed E-state index contributed by atoms with van der Waals surface area (Å²) in [5, 5.41) is 16.8. The summed E-state index contributed by atoms with van der Waals surface area (Å²) in [5.74, 6) is 0.553. The first-order chi connectivity index (χ1) is 7.31. The number of nitrogens with zero attached hydrogens (tertiary/aromatic N) is 2. The minimum atomic E-state index is 0. The monoisotopic (exact) mass is 281 g/mol. The van der Waals surface area contributed by atoms with Crippen molar-refractivity contribution in [3.05, 3.63) is 17.5 Å². The molecule has 1 atom stereocenters. The summed E-state index contributed by atoms with van der Waals surface area (Å²) in [4.78, 5) is 0. The molecule has 0 bridgehead atoms. The minimum absolute atomic E-state index is 0. The van der Waals surface area contributed by atoms with E-state index in [0.29, 0.717) is 12.3 Å². The Balaban J connectivity index is 0.00000128. The van der Waals surface area contributed by atoms with Crippen molar-refractivity contribution >= 4 is 24.8 Å². The van der Waals surface area contributed by atoms with Gasteiger partial charge in [0.1, 0.15) is 0 Å². The molecule has 2 rings (SSSR count). The van der Waals surface area contributed by atoms with E-state index in [-0.39, 0.29) is 31.4 Å². The van der Waals surface area contributed by atoms with Gasteiger partial charge in [-0.1, -0.05) is 0 Å². The lowest BCUT2D eigenvalue weighted by atomic mass is 9.96. The molecule has 0 amide bonds. The van der Waals surface area contributed by atoms with E-state index in [9.17, 15) is 0 Å². The average molecular weight is 282 g/mol. The molecule has 1 aliphatic rings. The van der Waals surface area contributed by atoms with E-state index in [2.05, 4.69) is 16.5 Å². The molecule has 100 valence electrons. The van der Waals surface area contributed by atoms with Crippen molar-refractivity contribution in [3.63, 3.8) is 0 Å². The normalized spacial score (nSPS) is 19.3. The molecule has 1 aliphatic heterocycles. The van der Waals surface area contributed by atoms with Crippen LogP contribution in [0.3, 0.4) is 0 Å². The van der Waals surface area contributed by atoms with Crippen LogP contribution in [0.5, 0.6) is 0 Å². The van der Waals surface area contributed by atoms with Gasteiger partial charge in [0.25, 0.3) is 0 Å². The first-order valence-corrected chi connectivity index (χ1v) is 5.65. The second kappa shape index (κ2) is 7.93. The van der Waals surface area contributed by atoms with Crippen LogP contribution in [-0.4, -0.2) is 34.6 Å². The average Bonchev–Trinajstić information content (AvgIpc) is 2.63. The second-order valence-electron chi connectivity index (χ2n) is 4.20. The molecule has 1 aromatic rings. The summed E-state index contributed by atoms with van der Waals surface area (Å²) in [5.41, 5.74) is 2.30. The van der Waals surface area contributed by atoms with Crippen LogP contribution in [0.15, 0.2) is 6.07 Å². The zero-order chi connectivity index (χ0) is 10.7. The maximum absolute atomic E-state index is 8.91. The van der Waals surface area contributed by atoms with Crippen molar-refractivity contribution < 1.29 is 5.11 Å². The van der Waals surface area contributed by atoms with Crippen LogP contribution in [-0.2, 0) is 13.5 Å². The SMILES string of the molecule is Cl.Cl.Cn1nc(C2CCCNC2)cc1CCO. The van der Waals surface area contributed by atoms with Crippen LogP contribution in [0.4, 0.5) is 0 Å². The third-order valence-corrected chi connectivity index (χ3v) is 3.08. The summed E-state index contributed by atoms with van der Waals surface area (Å²) < 4.78 is 1.89. The maximum Gasteiger partial charge on any atom is 0.0670 e. The molecular formula is C11H21Cl2N3O. The lowest BCUT2D eigenvalue weighted by Gasteiger charge is -2.20. The number of nitrogens with one attached hydrogen (secondary N) is 1. The highest BCUT2D eigenvalue weighted by Crippen LogP contribution is 2.22. The van der Waals surface area contributed by atoms with Crippen LogP contribution in [0, 0.1) is 0 Å². The van der Waals surface area contributed by atoms with Gasteiger partial charge in [-0.3, -0.25) is 4.68 Å². The molecule has 0 radical (unpaired) electrons. The van der Waals surface area contributed by atoms with Gasteiger partial charge in [-0.05, 0) is 25.5 Å². The first kappa shape index (κ1) is 16.7. The predicted molar refractivity (Wildman–Crippen MR) is 73.3 cm³/mol. The summed E-state index contributed by atoms with van der Waals surface area (Å²) in [6, 6.07) is 2.13. The molecule has 0 spiro atoms. The molecule has 2 N–H and O–H groups in total. The molecule has 0 aromatic carbocycles. The maximum atomic E-state index is 8.91. The van der Waals surface area contributed by atoms with Crippen LogP contribution < -0.4 is 5.32 Å². The Morgan fingerprint density at radius 3 is 2.88 bits per heavy atom. The molecule has 1 saturated heterocycles. The van der Waals surface area contributed by atoms with Crippen molar-refractivity contribution in [3.8, 4) is 0 Å². The lowest BCUT2D eigenvalue weighted by Crippen LogP contribution is -2.28. The fourth-order valence-electron chi connectivity index (χ4n) is 2.18. The van der Waals surface area contributed by atoms with Crippen LogP contribution in [0.1, 0.15) is 30.1 Å².